The molecule has 1 aliphatic rings. The Balaban J connectivity index is 1.61. The summed E-state index contributed by atoms with van der Waals surface area (Å²) in [7, 11) is 0. The van der Waals surface area contributed by atoms with Crippen molar-refractivity contribution in [3.05, 3.63) is 65.2 Å². The first-order valence-electron chi connectivity index (χ1n) is 10.6. The van der Waals surface area contributed by atoms with Crippen LogP contribution in [-0.2, 0) is 6.18 Å². The van der Waals surface area contributed by atoms with E-state index in [2.05, 4.69) is 16.0 Å². The van der Waals surface area contributed by atoms with Gasteiger partial charge in [-0.2, -0.15) is 13.2 Å². The molecule has 0 heterocycles. The second kappa shape index (κ2) is 10.0. The van der Waals surface area contributed by atoms with Gasteiger partial charge in [-0.05, 0) is 61.7 Å². The zero-order valence-electron chi connectivity index (χ0n) is 17.8. The van der Waals surface area contributed by atoms with Crippen molar-refractivity contribution in [2.45, 2.75) is 56.9 Å². The van der Waals surface area contributed by atoms with Gasteiger partial charge in [-0.1, -0.05) is 25.0 Å². The molecule has 0 saturated heterocycles. The molecule has 6 nitrogen and oxygen atoms in total. The number of amidine groups is 1. The van der Waals surface area contributed by atoms with Gasteiger partial charge in [-0.15, -0.1) is 0 Å². The van der Waals surface area contributed by atoms with Gasteiger partial charge in [0.25, 0.3) is 0 Å². The summed E-state index contributed by atoms with van der Waals surface area (Å²) in [5.74, 6) is -0.0491. The number of hydrogen-bond acceptors (Lipinski definition) is 3. The molecule has 2 amide bonds. The molecule has 1 fully saturated rings. The van der Waals surface area contributed by atoms with E-state index < -0.39 is 11.7 Å². The number of hydrogen-bond donors (Lipinski definition) is 5. The molecule has 0 spiro atoms. The summed E-state index contributed by atoms with van der Waals surface area (Å²) in [6.45, 7) is 1.83. The van der Waals surface area contributed by atoms with Crippen LogP contribution in [0.1, 0.15) is 55.3 Å². The molecule has 1 saturated carbocycles. The van der Waals surface area contributed by atoms with Crippen molar-refractivity contribution < 1.29 is 18.0 Å². The summed E-state index contributed by atoms with van der Waals surface area (Å²) in [4.78, 5) is 12.5. The van der Waals surface area contributed by atoms with Crippen molar-refractivity contribution in [3.8, 4) is 0 Å². The fourth-order valence-electron chi connectivity index (χ4n) is 3.97. The molecule has 0 aromatic heterocycles. The highest BCUT2D eigenvalue weighted by atomic mass is 19.4. The van der Waals surface area contributed by atoms with Crippen LogP contribution in [0.15, 0.2) is 48.5 Å². The number of nitrogen functional groups attached to an aromatic ring is 1. The number of nitrogens with two attached hydrogens (primary N) is 1. The third kappa shape index (κ3) is 6.23. The van der Waals surface area contributed by atoms with Crippen LogP contribution >= 0.6 is 0 Å². The Labute approximate surface area is 185 Å². The number of carbonyl (C=O) groups excluding carboxylic acids is 1. The van der Waals surface area contributed by atoms with E-state index in [1.54, 1.807) is 30.3 Å². The minimum Gasteiger partial charge on any atom is -0.384 e. The summed E-state index contributed by atoms with van der Waals surface area (Å²) in [5.41, 5.74) is 6.46. The first-order valence-corrected chi connectivity index (χ1v) is 10.6. The van der Waals surface area contributed by atoms with Gasteiger partial charge in [0.05, 0.1) is 5.56 Å². The van der Waals surface area contributed by atoms with Gasteiger partial charge in [0.1, 0.15) is 5.84 Å². The first-order chi connectivity index (χ1) is 15.1. The SMILES string of the molecule is CC(NC1CCCCC1NC(=O)Nc1ccc(C(=N)N)cc1)c1cccc(C(F)(F)F)c1. The molecule has 3 atom stereocenters. The highest BCUT2D eigenvalue weighted by Crippen LogP contribution is 2.31. The Kier molecular flexibility index (Phi) is 7.40. The average molecular weight is 448 g/mol. The van der Waals surface area contributed by atoms with Crippen LogP contribution in [-0.4, -0.2) is 24.0 Å². The fourth-order valence-corrected chi connectivity index (χ4v) is 3.97. The van der Waals surface area contributed by atoms with Crippen LogP contribution in [0.5, 0.6) is 0 Å². The highest BCUT2D eigenvalue weighted by Gasteiger charge is 2.32. The molecule has 0 aliphatic heterocycles. The number of carbonyl (C=O) groups is 1. The molecular formula is C23H28F3N5O. The molecule has 1 aliphatic carbocycles. The normalized spacial score (nSPS) is 19.8. The van der Waals surface area contributed by atoms with E-state index in [0.717, 1.165) is 31.7 Å². The second-order valence-corrected chi connectivity index (χ2v) is 8.10. The lowest BCUT2D eigenvalue weighted by atomic mass is 9.89. The third-order valence-corrected chi connectivity index (χ3v) is 5.71. The van der Waals surface area contributed by atoms with Gasteiger partial charge in [0.2, 0.25) is 0 Å². The maximum atomic E-state index is 13.0. The number of halogens is 3. The summed E-state index contributed by atoms with van der Waals surface area (Å²) < 4.78 is 39.1. The van der Waals surface area contributed by atoms with Crippen LogP contribution in [0.4, 0.5) is 23.7 Å². The Morgan fingerprint density at radius 1 is 1.09 bits per heavy atom. The molecule has 172 valence electrons. The van der Waals surface area contributed by atoms with Crippen LogP contribution < -0.4 is 21.7 Å². The molecular weight excluding hydrogens is 419 g/mol. The first kappa shape index (κ1) is 23.6. The van der Waals surface area contributed by atoms with E-state index in [0.29, 0.717) is 16.8 Å². The number of amides is 2. The van der Waals surface area contributed by atoms with Crippen molar-refractivity contribution in [2.75, 3.05) is 5.32 Å². The number of nitrogens with one attached hydrogen (secondary N) is 4. The van der Waals surface area contributed by atoms with Gasteiger partial charge in [0.15, 0.2) is 0 Å². The number of alkyl halides is 3. The quantitative estimate of drug-likeness (QED) is 0.325. The van der Waals surface area contributed by atoms with E-state index in [1.165, 1.54) is 12.1 Å². The number of urea groups is 1. The van der Waals surface area contributed by atoms with Gasteiger partial charge in [-0.3, -0.25) is 5.41 Å². The fraction of sp³-hybridized carbons (Fsp3) is 0.391. The average Bonchev–Trinajstić information content (AvgIpc) is 2.75. The van der Waals surface area contributed by atoms with Crippen molar-refractivity contribution in [1.29, 1.82) is 5.41 Å². The Hall–Kier alpha value is -3.07. The monoisotopic (exact) mass is 447 g/mol. The molecule has 6 N–H and O–H groups in total. The predicted octanol–water partition coefficient (Wildman–Crippen LogP) is 4.77. The van der Waals surface area contributed by atoms with Gasteiger partial charge >= 0.3 is 12.2 Å². The standard InChI is InChI=1S/C23H28F3N5O/c1-14(16-5-4-6-17(13-16)23(24,25)26)29-19-7-2-3-8-20(19)31-22(32)30-18-11-9-15(10-12-18)21(27)28/h4-6,9-14,19-20,29H,2-3,7-8H2,1H3,(H3,27,28)(H2,30,31,32). The Morgan fingerprint density at radius 2 is 1.75 bits per heavy atom. The molecule has 32 heavy (non-hydrogen) atoms. The van der Waals surface area contributed by atoms with E-state index >= 15 is 0 Å². The smallest absolute Gasteiger partial charge is 0.384 e. The van der Waals surface area contributed by atoms with Crippen molar-refractivity contribution >= 4 is 17.6 Å². The lowest BCUT2D eigenvalue weighted by Crippen LogP contribution is -2.53. The van der Waals surface area contributed by atoms with Gasteiger partial charge in [0, 0.05) is 29.4 Å². The number of benzene rings is 2. The second-order valence-electron chi connectivity index (χ2n) is 8.10. The lowest BCUT2D eigenvalue weighted by Gasteiger charge is -2.35. The summed E-state index contributed by atoms with van der Waals surface area (Å²) >= 11 is 0. The summed E-state index contributed by atoms with van der Waals surface area (Å²) in [6.07, 6.45) is -0.829. The van der Waals surface area contributed by atoms with Crippen molar-refractivity contribution in [3.63, 3.8) is 0 Å². The summed E-state index contributed by atoms with van der Waals surface area (Å²) in [6, 6.07) is 11.1. The van der Waals surface area contributed by atoms with Gasteiger partial charge in [-0.25, -0.2) is 4.79 Å². The zero-order chi connectivity index (χ0) is 23.3. The Bertz CT molecular complexity index is 945. The van der Waals surface area contributed by atoms with E-state index in [9.17, 15) is 18.0 Å². The van der Waals surface area contributed by atoms with Crippen LogP contribution in [0.25, 0.3) is 0 Å². The maximum absolute atomic E-state index is 13.0. The van der Waals surface area contributed by atoms with Gasteiger partial charge < -0.3 is 21.7 Å². The topological polar surface area (TPSA) is 103 Å². The number of rotatable bonds is 6. The van der Waals surface area contributed by atoms with E-state index in [1.807, 2.05) is 6.92 Å². The lowest BCUT2D eigenvalue weighted by molar-refractivity contribution is -0.137. The molecule has 3 unspecified atom stereocenters. The maximum Gasteiger partial charge on any atom is 0.416 e. The molecule has 3 rings (SSSR count). The molecule has 0 radical (unpaired) electrons. The van der Waals surface area contributed by atoms with Crippen LogP contribution in [0, 0.1) is 5.41 Å². The zero-order valence-corrected chi connectivity index (χ0v) is 17.8. The molecule has 0 bridgehead atoms. The largest absolute Gasteiger partial charge is 0.416 e. The Morgan fingerprint density at radius 3 is 2.38 bits per heavy atom. The summed E-state index contributed by atoms with van der Waals surface area (Å²) in [5, 5.41) is 16.6. The van der Waals surface area contributed by atoms with E-state index in [4.69, 9.17) is 11.1 Å². The molecule has 2 aromatic rings. The minimum atomic E-state index is -4.38. The minimum absolute atomic E-state index is 0.0491. The van der Waals surface area contributed by atoms with E-state index in [-0.39, 0.29) is 30.0 Å². The van der Waals surface area contributed by atoms with Crippen molar-refractivity contribution in [1.82, 2.24) is 10.6 Å². The molecule has 9 heteroatoms. The number of anilines is 1. The van der Waals surface area contributed by atoms with Crippen LogP contribution in [0.2, 0.25) is 0 Å². The highest BCUT2D eigenvalue weighted by molar-refractivity contribution is 5.96. The predicted molar refractivity (Wildman–Crippen MR) is 119 cm³/mol. The molecule has 2 aromatic carbocycles. The third-order valence-electron chi connectivity index (χ3n) is 5.71. The van der Waals surface area contributed by atoms with Crippen LogP contribution in [0.3, 0.4) is 0 Å². The van der Waals surface area contributed by atoms with Crippen molar-refractivity contribution in [2.24, 2.45) is 5.73 Å².